The first kappa shape index (κ1) is 11.0. The standard InChI is InChI=1S/C18H16/c1-13-7-10-18(14(2)11-13)17-9-8-15-5-3-4-6-16(15)12-17/h3-12H,1-2H3. The fraction of sp³-hybridized carbons (Fsp3) is 0.111. The van der Waals surface area contributed by atoms with Crippen molar-refractivity contribution in [3.8, 4) is 11.1 Å². The van der Waals surface area contributed by atoms with Gasteiger partial charge in [0, 0.05) is 0 Å². The van der Waals surface area contributed by atoms with Gasteiger partial charge in [-0.3, -0.25) is 0 Å². The highest BCUT2D eigenvalue weighted by Gasteiger charge is 2.02. The third kappa shape index (κ3) is 1.91. The Balaban J connectivity index is 2.19. The molecule has 0 amide bonds. The molecule has 0 unspecified atom stereocenters. The zero-order valence-corrected chi connectivity index (χ0v) is 10.8. The molecule has 0 aromatic heterocycles. The molecule has 0 bridgehead atoms. The summed E-state index contributed by atoms with van der Waals surface area (Å²) in [7, 11) is 0. The van der Waals surface area contributed by atoms with Gasteiger partial charge in [-0.2, -0.15) is 0 Å². The highest BCUT2D eigenvalue weighted by molar-refractivity contribution is 5.87. The summed E-state index contributed by atoms with van der Waals surface area (Å²) >= 11 is 0. The van der Waals surface area contributed by atoms with Crippen LogP contribution >= 0.6 is 0 Å². The van der Waals surface area contributed by atoms with E-state index in [-0.39, 0.29) is 0 Å². The number of hydrogen-bond donors (Lipinski definition) is 0. The van der Waals surface area contributed by atoms with Crippen LogP contribution in [0.1, 0.15) is 11.1 Å². The summed E-state index contributed by atoms with van der Waals surface area (Å²) in [6, 6.07) is 21.8. The fourth-order valence-corrected chi connectivity index (χ4v) is 2.49. The molecule has 0 aliphatic rings. The van der Waals surface area contributed by atoms with Gasteiger partial charge in [0.15, 0.2) is 0 Å². The molecule has 0 atom stereocenters. The molecule has 0 fully saturated rings. The van der Waals surface area contributed by atoms with E-state index in [1.165, 1.54) is 33.0 Å². The molecule has 88 valence electrons. The van der Waals surface area contributed by atoms with Gasteiger partial charge in [0.2, 0.25) is 0 Å². The van der Waals surface area contributed by atoms with Crippen LogP contribution in [0.3, 0.4) is 0 Å². The molecule has 0 spiro atoms. The fourth-order valence-electron chi connectivity index (χ4n) is 2.49. The Morgan fingerprint density at radius 1 is 0.667 bits per heavy atom. The van der Waals surface area contributed by atoms with Crippen LogP contribution in [-0.2, 0) is 0 Å². The summed E-state index contributed by atoms with van der Waals surface area (Å²) < 4.78 is 0. The normalized spacial score (nSPS) is 10.8. The minimum atomic E-state index is 1.30. The Kier molecular flexibility index (Phi) is 2.64. The van der Waals surface area contributed by atoms with E-state index in [1.54, 1.807) is 0 Å². The molecule has 0 aliphatic heterocycles. The van der Waals surface area contributed by atoms with E-state index < -0.39 is 0 Å². The first-order chi connectivity index (χ1) is 8.74. The molecule has 0 nitrogen and oxygen atoms in total. The smallest absolute Gasteiger partial charge is 0.0154 e. The van der Waals surface area contributed by atoms with Crippen molar-refractivity contribution in [1.29, 1.82) is 0 Å². The van der Waals surface area contributed by atoms with Crippen molar-refractivity contribution in [2.75, 3.05) is 0 Å². The zero-order chi connectivity index (χ0) is 12.5. The summed E-state index contributed by atoms with van der Waals surface area (Å²) in [6.45, 7) is 4.31. The summed E-state index contributed by atoms with van der Waals surface area (Å²) in [5, 5.41) is 2.60. The second kappa shape index (κ2) is 4.30. The third-order valence-corrected chi connectivity index (χ3v) is 3.44. The highest BCUT2D eigenvalue weighted by atomic mass is 14.1. The second-order valence-corrected chi connectivity index (χ2v) is 4.88. The maximum Gasteiger partial charge on any atom is -0.0154 e. The van der Waals surface area contributed by atoms with Crippen LogP contribution in [0.15, 0.2) is 60.7 Å². The van der Waals surface area contributed by atoms with Gasteiger partial charge in [0.05, 0.1) is 0 Å². The number of fused-ring (bicyclic) bond motifs is 1. The quantitative estimate of drug-likeness (QED) is 0.546. The van der Waals surface area contributed by atoms with Crippen LogP contribution in [0.5, 0.6) is 0 Å². The first-order valence-corrected chi connectivity index (χ1v) is 6.30. The molecule has 0 N–H and O–H groups in total. The number of hydrogen-bond acceptors (Lipinski definition) is 0. The summed E-state index contributed by atoms with van der Waals surface area (Å²) in [6.07, 6.45) is 0. The Morgan fingerprint density at radius 2 is 1.44 bits per heavy atom. The van der Waals surface area contributed by atoms with E-state index in [1.807, 2.05) is 0 Å². The van der Waals surface area contributed by atoms with Crippen molar-refractivity contribution in [2.24, 2.45) is 0 Å². The highest BCUT2D eigenvalue weighted by Crippen LogP contribution is 2.27. The van der Waals surface area contributed by atoms with Crippen molar-refractivity contribution >= 4 is 10.8 Å². The van der Waals surface area contributed by atoms with Crippen molar-refractivity contribution in [1.82, 2.24) is 0 Å². The summed E-state index contributed by atoms with van der Waals surface area (Å²) in [5.41, 5.74) is 5.28. The van der Waals surface area contributed by atoms with Gasteiger partial charge in [-0.15, -0.1) is 0 Å². The van der Waals surface area contributed by atoms with E-state index in [9.17, 15) is 0 Å². The van der Waals surface area contributed by atoms with E-state index in [2.05, 4.69) is 74.5 Å². The van der Waals surface area contributed by atoms with Gasteiger partial charge in [0.1, 0.15) is 0 Å². The molecule has 0 saturated heterocycles. The van der Waals surface area contributed by atoms with Gasteiger partial charge >= 0.3 is 0 Å². The number of rotatable bonds is 1. The van der Waals surface area contributed by atoms with Gasteiger partial charge in [-0.05, 0) is 47.4 Å². The van der Waals surface area contributed by atoms with Crippen LogP contribution < -0.4 is 0 Å². The summed E-state index contributed by atoms with van der Waals surface area (Å²) in [5.74, 6) is 0. The zero-order valence-electron chi connectivity index (χ0n) is 10.8. The van der Waals surface area contributed by atoms with Gasteiger partial charge < -0.3 is 0 Å². The lowest BCUT2D eigenvalue weighted by molar-refractivity contribution is 1.38. The van der Waals surface area contributed by atoms with Crippen LogP contribution in [0.4, 0.5) is 0 Å². The van der Waals surface area contributed by atoms with Crippen molar-refractivity contribution in [2.45, 2.75) is 13.8 Å². The Morgan fingerprint density at radius 3 is 2.22 bits per heavy atom. The second-order valence-electron chi connectivity index (χ2n) is 4.88. The van der Waals surface area contributed by atoms with Crippen LogP contribution in [0.2, 0.25) is 0 Å². The van der Waals surface area contributed by atoms with Crippen molar-refractivity contribution in [3.63, 3.8) is 0 Å². The van der Waals surface area contributed by atoms with E-state index >= 15 is 0 Å². The topological polar surface area (TPSA) is 0 Å². The molecular formula is C18H16. The molecule has 18 heavy (non-hydrogen) atoms. The van der Waals surface area contributed by atoms with Gasteiger partial charge in [0.25, 0.3) is 0 Å². The third-order valence-electron chi connectivity index (χ3n) is 3.44. The molecule has 0 heterocycles. The molecule has 3 rings (SSSR count). The molecule has 0 aliphatic carbocycles. The SMILES string of the molecule is Cc1ccc(-c2ccc3ccccc3c2)c(C)c1. The Labute approximate surface area is 108 Å². The van der Waals surface area contributed by atoms with Crippen LogP contribution in [0.25, 0.3) is 21.9 Å². The molecular weight excluding hydrogens is 216 g/mol. The molecule has 0 heteroatoms. The van der Waals surface area contributed by atoms with Crippen LogP contribution in [0, 0.1) is 13.8 Å². The average molecular weight is 232 g/mol. The monoisotopic (exact) mass is 232 g/mol. The molecule has 3 aromatic carbocycles. The van der Waals surface area contributed by atoms with E-state index in [0.717, 1.165) is 0 Å². The van der Waals surface area contributed by atoms with E-state index in [4.69, 9.17) is 0 Å². The summed E-state index contributed by atoms with van der Waals surface area (Å²) in [4.78, 5) is 0. The lowest BCUT2D eigenvalue weighted by Gasteiger charge is -2.08. The minimum Gasteiger partial charge on any atom is -0.0616 e. The first-order valence-electron chi connectivity index (χ1n) is 6.30. The molecule has 0 radical (unpaired) electrons. The number of aryl methyl sites for hydroxylation is 2. The predicted molar refractivity (Wildman–Crippen MR) is 78.9 cm³/mol. The maximum atomic E-state index is 2.27. The van der Waals surface area contributed by atoms with Crippen LogP contribution in [-0.4, -0.2) is 0 Å². The van der Waals surface area contributed by atoms with Crippen molar-refractivity contribution < 1.29 is 0 Å². The minimum absolute atomic E-state index is 1.30. The Hall–Kier alpha value is -2.08. The predicted octanol–water partition coefficient (Wildman–Crippen LogP) is 5.12. The number of benzene rings is 3. The van der Waals surface area contributed by atoms with Gasteiger partial charge in [-0.25, -0.2) is 0 Å². The van der Waals surface area contributed by atoms with Crippen molar-refractivity contribution in [3.05, 3.63) is 71.8 Å². The lowest BCUT2D eigenvalue weighted by Crippen LogP contribution is -1.85. The largest absolute Gasteiger partial charge is 0.0616 e. The maximum absolute atomic E-state index is 2.27. The van der Waals surface area contributed by atoms with E-state index in [0.29, 0.717) is 0 Å². The molecule has 0 saturated carbocycles. The van der Waals surface area contributed by atoms with Gasteiger partial charge in [-0.1, -0.05) is 60.2 Å². The molecule has 3 aromatic rings. The lowest BCUT2D eigenvalue weighted by atomic mass is 9.96. The average Bonchev–Trinajstić information content (AvgIpc) is 2.38. The Bertz CT molecular complexity index is 708.